The third-order valence-corrected chi connectivity index (χ3v) is 5.16. The van der Waals surface area contributed by atoms with E-state index in [0.29, 0.717) is 28.7 Å². The lowest BCUT2D eigenvalue weighted by Crippen LogP contribution is -2.27. The Morgan fingerprint density at radius 1 is 1.06 bits per heavy atom. The van der Waals surface area contributed by atoms with Crippen LogP contribution in [0.3, 0.4) is 0 Å². The Bertz CT molecular complexity index is 1390. The summed E-state index contributed by atoms with van der Waals surface area (Å²) in [4.78, 5) is 37.1. The summed E-state index contributed by atoms with van der Waals surface area (Å²) in [6.45, 7) is 2.66. The molecule has 2 aromatic heterocycles. The first-order chi connectivity index (χ1) is 14.9. The summed E-state index contributed by atoms with van der Waals surface area (Å²) in [5.74, 6) is -0.326. The number of rotatable bonds is 7. The number of benzene rings is 2. The van der Waals surface area contributed by atoms with Crippen LogP contribution in [-0.4, -0.2) is 33.4 Å². The Morgan fingerprint density at radius 3 is 2.58 bits per heavy atom. The molecule has 4 aromatic rings. The molecule has 0 N–H and O–H groups in total. The molecular weight excluding hydrogens is 402 g/mol. The molecule has 0 saturated heterocycles. The van der Waals surface area contributed by atoms with Crippen LogP contribution in [0, 0.1) is 0 Å². The van der Waals surface area contributed by atoms with Gasteiger partial charge >= 0.3 is 17.4 Å². The average Bonchev–Trinajstić information content (AvgIpc) is 3.18. The van der Waals surface area contributed by atoms with Gasteiger partial charge in [0.05, 0.1) is 36.8 Å². The van der Waals surface area contributed by atoms with Crippen molar-refractivity contribution in [2.75, 3.05) is 13.7 Å². The molecule has 2 heterocycles. The van der Waals surface area contributed by atoms with Crippen LogP contribution in [0.1, 0.15) is 18.9 Å². The van der Waals surface area contributed by atoms with Crippen LogP contribution in [0.4, 0.5) is 0 Å². The number of hydrogen-bond donors (Lipinski definition) is 0. The SMILES string of the molecule is CCCOc1cccc(Cn2c(=O)n(CC(=O)OC)c3cc4oc(=O)n(C)c4cc32)c1. The highest BCUT2D eigenvalue weighted by molar-refractivity contribution is 5.91. The van der Waals surface area contributed by atoms with Gasteiger partial charge in [0.15, 0.2) is 5.58 Å². The topological polar surface area (TPSA) is 97.6 Å². The summed E-state index contributed by atoms with van der Waals surface area (Å²) in [7, 11) is 2.87. The summed E-state index contributed by atoms with van der Waals surface area (Å²) >= 11 is 0. The maximum absolute atomic E-state index is 13.2. The Balaban J connectivity index is 1.88. The van der Waals surface area contributed by atoms with Crippen molar-refractivity contribution < 1.29 is 18.7 Å². The second kappa shape index (κ2) is 8.17. The Labute approximate surface area is 177 Å². The van der Waals surface area contributed by atoms with E-state index in [1.165, 1.54) is 16.2 Å². The number of carbonyl (C=O) groups is 1. The fraction of sp³-hybridized carbons (Fsp3) is 0.318. The highest BCUT2D eigenvalue weighted by Gasteiger charge is 2.19. The van der Waals surface area contributed by atoms with Gasteiger partial charge in [-0.3, -0.25) is 18.5 Å². The lowest BCUT2D eigenvalue weighted by molar-refractivity contribution is -0.141. The van der Waals surface area contributed by atoms with Crippen molar-refractivity contribution in [2.24, 2.45) is 7.05 Å². The molecule has 31 heavy (non-hydrogen) atoms. The third kappa shape index (κ3) is 3.74. The zero-order valence-corrected chi connectivity index (χ0v) is 17.6. The number of aromatic nitrogens is 3. The van der Waals surface area contributed by atoms with Crippen LogP contribution in [0.2, 0.25) is 0 Å². The maximum Gasteiger partial charge on any atom is 0.419 e. The Morgan fingerprint density at radius 2 is 1.84 bits per heavy atom. The Hall–Kier alpha value is -3.75. The van der Waals surface area contributed by atoms with Crippen molar-refractivity contribution in [3.63, 3.8) is 0 Å². The normalized spacial score (nSPS) is 11.3. The second-order valence-corrected chi connectivity index (χ2v) is 7.26. The second-order valence-electron chi connectivity index (χ2n) is 7.26. The molecule has 9 heteroatoms. The van der Waals surface area contributed by atoms with E-state index in [1.807, 2.05) is 31.2 Å². The minimum Gasteiger partial charge on any atom is -0.494 e. The number of imidazole rings is 1. The van der Waals surface area contributed by atoms with Gasteiger partial charge in [-0.15, -0.1) is 0 Å². The van der Waals surface area contributed by atoms with Crippen LogP contribution in [0.5, 0.6) is 5.75 Å². The molecule has 0 atom stereocenters. The molecule has 0 aliphatic heterocycles. The van der Waals surface area contributed by atoms with Gasteiger partial charge in [0.2, 0.25) is 0 Å². The molecule has 162 valence electrons. The summed E-state index contributed by atoms with van der Waals surface area (Å²) in [5, 5.41) is 0. The van der Waals surface area contributed by atoms with E-state index >= 15 is 0 Å². The standard InChI is InChI=1S/C22H23N3O6/c1-4-8-30-15-7-5-6-14(9-15)12-24-16-10-18-19(31-22(28)23(18)2)11-17(16)25(21(24)27)13-20(26)29-3/h5-7,9-11H,4,8,12-13H2,1-3H3. The number of aryl methyl sites for hydroxylation is 1. The highest BCUT2D eigenvalue weighted by atomic mass is 16.5. The molecule has 4 rings (SSSR count). The monoisotopic (exact) mass is 425 g/mol. The van der Waals surface area contributed by atoms with E-state index in [4.69, 9.17) is 13.9 Å². The molecule has 9 nitrogen and oxygen atoms in total. The summed E-state index contributed by atoms with van der Waals surface area (Å²) < 4.78 is 20.0. The number of methoxy groups -OCH3 is 1. The number of carbonyl (C=O) groups excluding carboxylic acids is 1. The van der Waals surface area contributed by atoms with E-state index in [9.17, 15) is 14.4 Å². The quantitative estimate of drug-likeness (QED) is 0.421. The molecule has 0 aliphatic rings. The predicted octanol–water partition coefficient (Wildman–Crippen LogP) is 2.26. The summed E-state index contributed by atoms with van der Waals surface area (Å²) in [6, 6.07) is 10.9. The van der Waals surface area contributed by atoms with Crippen LogP contribution in [0.15, 0.2) is 50.4 Å². The van der Waals surface area contributed by atoms with E-state index in [1.54, 1.807) is 23.7 Å². The number of hydrogen-bond acceptors (Lipinski definition) is 6. The predicted molar refractivity (Wildman–Crippen MR) is 115 cm³/mol. The largest absolute Gasteiger partial charge is 0.494 e. The number of ether oxygens (including phenoxy) is 2. The molecule has 0 aliphatic carbocycles. The third-order valence-electron chi connectivity index (χ3n) is 5.16. The summed E-state index contributed by atoms with van der Waals surface area (Å²) in [5.41, 5.74) is 2.47. The van der Waals surface area contributed by atoms with Gasteiger partial charge in [-0.1, -0.05) is 19.1 Å². The molecule has 0 unspecified atom stereocenters. The van der Waals surface area contributed by atoms with Gasteiger partial charge in [-0.25, -0.2) is 9.59 Å². The van der Waals surface area contributed by atoms with Crippen molar-refractivity contribution in [3.8, 4) is 5.75 Å². The molecule has 2 aromatic carbocycles. The van der Waals surface area contributed by atoms with Crippen LogP contribution >= 0.6 is 0 Å². The first-order valence-corrected chi connectivity index (χ1v) is 9.94. The fourth-order valence-electron chi connectivity index (χ4n) is 3.57. The molecule has 0 spiro atoms. The molecule has 0 amide bonds. The van der Waals surface area contributed by atoms with Gasteiger partial charge in [0.1, 0.15) is 12.3 Å². The van der Waals surface area contributed by atoms with Gasteiger partial charge in [0, 0.05) is 13.1 Å². The minimum atomic E-state index is -0.550. The van der Waals surface area contributed by atoms with E-state index in [-0.39, 0.29) is 18.8 Å². The fourth-order valence-corrected chi connectivity index (χ4v) is 3.57. The van der Waals surface area contributed by atoms with Crippen LogP contribution in [-0.2, 0) is 29.7 Å². The number of esters is 1. The van der Waals surface area contributed by atoms with Gasteiger partial charge in [0.25, 0.3) is 0 Å². The van der Waals surface area contributed by atoms with Crippen LogP contribution < -0.4 is 16.2 Å². The summed E-state index contributed by atoms with van der Waals surface area (Å²) in [6.07, 6.45) is 0.893. The number of fused-ring (bicyclic) bond motifs is 2. The van der Waals surface area contributed by atoms with Crippen molar-refractivity contribution in [1.29, 1.82) is 0 Å². The van der Waals surface area contributed by atoms with E-state index < -0.39 is 11.7 Å². The van der Waals surface area contributed by atoms with Gasteiger partial charge in [-0.2, -0.15) is 0 Å². The molecule has 0 radical (unpaired) electrons. The minimum absolute atomic E-state index is 0.249. The molecule has 0 fully saturated rings. The number of nitrogens with zero attached hydrogens (tertiary/aromatic N) is 3. The zero-order chi connectivity index (χ0) is 22.1. The lowest BCUT2D eigenvalue weighted by Gasteiger charge is -2.08. The van der Waals surface area contributed by atoms with Gasteiger partial charge < -0.3 is 13.9 Å². The smallest absolute Gasteiger partial charge is 0.419 e. The molecule has 0 saturated carbocycles. The van der Waals surface area contributed by atoms with E-state index in [0.717, 1.165) is 17.7 Å². The van der Waals surface area contributed by atoms with Gasteiger partial charge in [-0.05, 0) is 30.2 Å². The number of oxazole rings is 1. The van der Waals surface area contributed by atoms with Crippen LogP contribution in [0.25, 0.3) is 22.1 Å². The van der Waals surface area contributed by atoms with Crippen molar-refractivity contribution in [3.05, 3.63) is 63.0 Å². The molecular formula is C22H23N3O6. The van der Waals surface area contributed by atoms with E-state index in [2.05, 4.69) is 0 Å². The average molecular weight is 425 g/mol. The van der Waals surface area contributed by atoms with Crippen molar-refractivity contribution in [2.45, 2.75) is 26.4 Å². The first kappa shape index (κ1) is 20.5. The maximum atomic E-state index is 13.2. The van der Waals surface area contributed by atoms with Crippen molar-refractivity contribution >= 4 is 28.1 Å². The highest BCUT2D eigenvalue weighted by Crippen LogP contribution is 2.23. The lowest BCUT2D eigenvalue weighted by atomic mass is 10.2. The first-order valence-electron chi connectivity index (χ1n) is 9.94. The Kier molecular flexibility index (Phi) is 5.41. The van der Waals surface area contributed by atoms with Crippen molar-refractivity contribution in [1.82, 2.24) is 13.7 Å². The zero-order valence-electron chi connectivity index (χ0n) is 17.6. The molecule has 0 bridgehead atoms.